The molecule has 0 radical (unpaired) electrons. The van der Waals surface area contributed by atoms with Gasteiger partial charge in [0.1, 0.15) is 0 Å². The summed E-state index contributed by atoms with van der Waals surface area (Å²) >= 11 is 0. The predicted octanol–water partition coefficient (Wildman–Crippen LogP) is 4.90. The molecule has 2 atom stereocenters. The molecule has 1 aromatic carbocycles. The molecular formula is C21H21F3N2O3. The Labute approximate surface area is 166 Å². The van der Waals surface area contributed by atoms with Gasteiger partial charge in [0, 0.05) is 12.2 Å². The Kier molecular flexibility index (Phi) is 5.38. The van der Waals surface area contributed by atoms with Gasteiger partial charge in [-0.05, 0) is 61.6 Å². The van der Waals surface area contributed by atoms with Crippen LogP contribution in [0, 0.1) is 0 Å². The SMILES string of the molecule is CC(C)N(C(=O)c1cccnc1C(F)(F)F)C1C[C@@H](C)c2ccc(C(=O)O)cc21. The molecule has 1 unspecified atom stereocenters. The number of hydrogen-bond acceptors (Lipinski definition) is 3. The predicted molar refractivity (Wildman–Crippen MR) is 99.7 cm³/mol. The van der Waals surface area contributed by atoms with Gasteiger partial charge in [-0.2, -0.15) is 13.2 Å². The molecule has 1 heterocycles. The molecule has 1 aliphatic carbocycles. The molecule has 1 aromatic heterocycles. The minimum absolute atomic E-state index is 0.0443. The molecule has 0 aliphatic heterocycles. The van der Waals surface area contributed by atoms with Crippen molar-refractivity contribution in [3.05, 3.63) is 64.5 Å². The van der Waals surface area contributed by atoms with Gasteiger partial charge in [-0.15, -0.1) is 0 Å². The minimum atomic E-state index is -4.76. The molecule has 154 valence electrons. The van der Waals surface area contributed by atoms with Crippen LogP contribution in [-0.2, 0) is 6.18 Å². The first-order valence-electron chi connectivity index (χ1n) is 9.24. The number of carboxylic acid groups (broad SMARTS) is 1. The van der Waals surface area contributed by atoms with E-state index in [4.69, 9.17) is 0 Å². The highest BCUT2D eigenvalue weighted by atomic mass is 19.4. The molecule has 1 amide bonds. The van der Waals surface area contributed by atoms with Crippen LogP contribution in [0.25, 0.3) is 0 Å². The number of rotatable bonds is 4. The number of carboxylic acids is 1. The number of carbonyl (C=O) groups excluding carboxylic acids is 1. The number of aromatic nitrogens is 1. The normalized spacial score (nSPS) is 18.6. The third kappa shape index (κ3) is 3.83. The van der Waals surface area contributed by atoms with Crippen molar-refractivity contribution in [2.75, 3.05) is 0 Å². The molecule has 0 saturated heterocycles. The molecule has 8 heteroatoms. The Bertz CT molecular complexity index is 956. The number of nitrogens with zero attached hydrogens (tertiary/aromatic N) is 2. The maximum absolute atomic E-state index is 13.4. The number of aromatic carboxylic acids is 1. The summed E-state index contributed by atoms with van der Waals surface area (Å²) < 4.78 is 40.2. The van der Waals surface area contributed by atoms with E-state index in [1.54, 1.807) is 19.9 Å². The summed E-state index contributed by atoms with van der Waals surface area (Å²) in [7, 11) is 0. The van der Waals surface area contributed by atoms with Crippen molar-refractivity contribution in [3.63, 3.8) is 0 Å². The van der Waals surface area contributed by atoms with Gasteiger partial charge in [-0.1, -0.05) is 13.0 Å². The van der Waals surface area contributed by atoms with Crippen molar-refractivity contribution in [2.24, 2.45) is 0 Å². The van der Waals surface area contributed by atoms with Crippen LogP contribution in [0.1, 0.15) is 76.7 Å². The number of halogens is 3. The second kappa shape index (κ2) is 7.50. The standard InChI is InChI=1S/C21H21F3N2O3/c1-11(2)26(19(27)15-5-4-8-25-18(15)21(22,23)24)17-9-12(3)14-7-6-13(20(28)29)10-16(14)17/h4-8,10-12,17H,9H2,1-3H3,(H,28,29)/t12-,17?/m1/s1. The van der Waals surface area contributed by atoms with Crippen molar-refractivity contribution in [2.45, 2.75) is 51.4 Å². The highest BCUT2D eigenvalue weighted by Gasteiger charge is 2.41. The highest BCUT2D eigenvalue weighted by molar-refractivity contribution is 5.96. The lowest BCUT2D eigenvalue weighted by atomic mass is 10.00. The molecule has 2 aromatic rings. The van der Waals surface area contributed by atoms with E-state index < -0.39 is 41.4 Å². The number of pyridine rings is 1. The monoisotopic (exact) mass is 406 g/mol. The molecule has 0 saturated carbocycles. The Morgan fingerprint density at radius 3 is 2.48 bits per heavy atom. The third-order valence-electron chi connectivity index (χ3n) is 5.23. The lowest BCUT2D eigenvalue weighted by molar-refractivity contribution is -0.141. The van der Waals surface area contributed by atoms with Crippen LogP contribution in [0.5, 0.6) is 0 Å². The number of carbonyl (C=O) groups is 2. The molecule has 0 spiro atoms. The zero-order chi connectivity index (χ0) is 21.5. The van der Waals surface area contributed by atoms with Crippen LogP contribution in [0.3, 0.4) is 0 Å². The number of benzene rings is 1. The highest BCUT2D eigenvalue weighted by Crippen LogP contribution is 2.45. The average molecular weight is 406 g/mol. The first-order chi connectivity index (χ1) is 13.5. The number of hydrogen-bond donors (Lipinski definition) is 1. The molecule has 3 rings (SSSR count). The van der Waals surface area contributed by atoms with E-state index in [9.17, 15) is 27.9 Å². The van der Waals surface area contributed by atoms with Crippen LogP contribution in [0.15, 0.2) is 36.5 Å². The molecule has 0 bridgehead atoms. The van der Waals surface area contributed by atoms with Crippen molar-refractivity contribution in [1.29, 1.82) is 0 Å². The van der Waals surface area contributed by atoms with Crippen molar-refractivity contribution in [1.82, 2.24) is 9.88 Å². The van der Waals surface area contributed by atoms with E-state index in [0.29, 0.717) is 12.0 Å². The summed E-state index contributed by atoms with van der Waals surface area (Å²) in [6, 6.07) is 6.24. The number of fused-ring (bicyclic) bond motifs is 1. The van der Waals surface area contributed by atoms with E-state index in [0.717, 1.165) is 17.8 Å². The first-order valence-corrected chi connectivity index (χ1v) is 9.24. The Morgan fingerprint density at radius 1 is 1.21 bits per heavy atom. The Balaban J connectivity index is 2.09. The maximum Gasteiger partial charge on any atom is 0.434 e. The van der Waals surface area contributed by atoms with Gasteiger partial charge >= 0.3 is 12.1 Å². The average Bonchev–Trinajstić information content (AvgIpc) is 2.96. The van der Waals surface area contributed by atoms with E-state index in [1.165, 1.54) is 23.1 Å². The van der Waals surface area contributed by atoms with Gasteiger partial charge < -0.3 is 10.0 Å². The van der Waals surface area contributed by atoms with Crippen LogP contribution in [0.4, 0.5) is 13.2 Å². The van der Waals surface area contributed by atoms with E-state index >= 15 is 0 Å². The number of alkyl halides is 3. The van der Waals surface area contributed by atoms with Crippen LogP contribution in [-0.4, -0.2) is 32.9 Å². The van der Waals surface area contributed by atoms with Gasteiger partial charge in [0.25, 0.3) is 5.91 Å². The summed E-state index contributed by atoms with van der Waals surface area (Å²) in [4.78, 5) is 29.4. The van der Waals surface area contributed by atoms with E-state index in [1.807, 2.05) is 6.92 Å². The molecule has 1 aliphatic rings. The maximum atomic E-state index is 13.4. The van der Waals surface area contributed by atoms with Crippen molar-refractivity contribution in [3.8, 4) is 0 Å². The van der Waals surface area contributed by atoms with Gasteiger partial charge in [0.15, 0.2) is 5.69 Å². The second-order valence-corrected chi connectivity index (χ2v) is 7.50. The smallest absolute Gasteiger partial charge is 0.434 e. The Hall–Kier alpha value is -2.90. The summed E-state index contributed by atoms with van der Waals surface area (Å²) in [6.07, 6.45) is -3.25. The van der Waals surface area contributed by atoms with Gasteiger partial charge in [0.2, 0.25) is 0 Å². The topological polar surface area (TPSA) is 70.5 Å². The molecule has 0 fully saturated rings. The summed E-state index contributed by atoms with van der Waals surface area (Å²) in [5.41, 5.74) is -0.0839. The lowest BCUT2D eigenvalue weighted by Crippen LogP contribution is -2.40. The summed E-state index contributed by atoms with van der Waals surface area (Å²) in [5.74, 6) is -1.82. The van der Waals surface area contributed by atoms with Gasteiger partial charge in [0.05, 0.1) is 17.2 Å². The summed E-state index contributed by atoms with van der Waals surface area (Å²) in [6.45, 7) is 5.41. The van der Waals surface area contributed by atoms with Crippen molar-refractivity contribution >= 4 is 11.9 Å². The minimum Gasteiger partial charge on any atom is -0.478 e. The van der Waals surface area contributed by atoms with Crippen LogP contribution < -0.4 is 0 Å². The van der Waals surface area contributed by atoms with E-state index in [-0.39, 0.29) is 11.5 Å². The zero-order valence-electron chi connectivity index (χ0n) is 16.2. The third-order valence-corrected chi connectivity index (χ3v) is 5.23. The van der Waals surface area contributed by atoms with Crippen molar-refractivity contribution < 1.29 is 27.9 Å². The zero-order valence-corrected chi connectivity index (χ0v) is 16.2. The fraction of sp³-hybridized carbons (Fsp3) is 0.381. The molecular weight excluding hydrogens is 385 g/mol. The van der Waals surface area contributed by atoms with Crippen LogP contribution >= 0.6 is 0 Å². The second-order valence-electron chi connectivity index (χ2n) is 7.50. The van der Waals surface area contributed by atoms with Gasteiger partial charge in [-0.25, -0.2) is 4.79 Å². The van der Waals surface area contributed by atoms with Gasteiger partial charge in [-0.3, -0.25) is 9.78 Å². The van der Waals surface area contributed by atoms with Crippen LogP contribution in [0.2, 0.25) is 0 Å². The fourth-order valence-electron chi connectivity index (χ4n) is 3.98. The molecule has 29 heavy (non-hydrogen) atoms. The molecule has 5 nitrogen and oxygen atoms in total. The first kappa shape index (κ1) is 20.8. The largest absolute Gasteiger partial charge is 0.478 e. The van der Waals surface area contributed by atoms with E-state index in [2.05, 4.69) is 4.98 Å². The lowest BCUT2D eigenvalue weighted by Gasteiger charge is -2.34. The quantitative estimate of drug-likeness (QED) is 0.784. The molecule has 1 N–H and O–H groups in total. The Morgan fingerprint density at radius 2 is 1.90 bits per heavy atom. The summed E-state index contributed by atoms with van der Waals surface area (Å²) in [5, 5.41) is 9.32. The fourth-order valence-corrected chi connectivity index (χ4v) is 3.98. The number of amides is 1.